The number of amides is 1. The van der Waals surface area contributed by atoms with Crippen molar-refractivity contribution in [2.24, 2.45) is 0 Å². The van der Waals surface area contributed by atoms with Crippen molar-refractivity contribution in [1.29, 1.82) is 0 Å². The Morgan fingerprint density at radius 2 is 2.00 bits per heavy atom. The van der Waals surface area contributed by atoms with E-state index in [1.54, 1.807) is 0 Å². The van der Waals surface area contributed by atoms with E-state index < -0.39 is 28.5 Å². The molecule has 0 atom stereocenters. The molecule has 1 aromatic heterocycles. The van der Waals surface area contributed by atoms with Gasteiger partial charge in [-0.05, 0) is 30.3 Å². The molecule has 0 aliphatic heterocycles. The number of nitrogens with one attached hydrogen (secondary N) is 1. The molecule has 1 heterocycles. The standard InChI is InChI=1S/C15H15ClN2O6S/c1-18(2)25(21,22)13-8-10(5-6-11(13)16)17-14(19)9-24-15(20)12-4-3-7-23-12/h3-8H,9H2,1-2H3,(H,17,19). The topological polar surface area (TPSA) is 106 Å². The van der Waals surface area contributed by atoms with E-state index in [0.717, 1.165) is 4.31 Å². The fourth-order valence-corrected chi connectivity index (χ4v) is 3.16. The van der Waals surface area contributed by atoms with Crippen LogP contribution in [0.3, 0.4) is 0 Å². The largest absolute Gasteiger partial charge is 0.457 e. The maximum absolute atomic E-state index is 12.2. The van der Waals surface area contributed by atoms with Gasteiger partial charge in [-0.1, -0.05) is 11.6 Å². The molecular formula is C15H15ClN2O6S. The molecule has 0 radical (unpaired) electrons. The lowest BCUT2D eigenvalue weighted by Crippen LogP contribution is -2.23. The lowest BCUT2D eigenvalue weighted by molar-refractivity contribution is -0.119. The highest BCUT2D eigenvalue weighted by Gasteiger charge is 2.21. The van der Waals surface area contributed by atoms with Gasteiger partial charge in [0.15, 0.2) is 6.61 Å². The molecule has 0 unspecified atom stereocenters. The number of benzene rings is 1. The van der Waals surface area contributed by atoms with E-state index in [0.29, 0.717) is 0 Å². The Hall–Kier alpha value is -2.36. The summed E-state index contributed by atoms with van der Waals surface area (Å²) < 4.78 is 35.0. The number of nitrogens with zero attached hydrogens (tertiary/aromatic N) is 1. The predicted molar refractivity (Wildman–Crippen MR) is 89.9 cm³/mol. The first-order valence-corrected chi connectivity index (χ1v) is 8.76. The van der Waals surface area contributed by atoms with Crippen molar-refractivity contribution >= 4 is 39.2 Å². The van der Waals surface area contributed by atoms with Gasteiger partial charge in [0.1, 0.15) is 4.90 Å². The number of anilines is 1. The molecular weight excluding hydrogens is 372 g/mol. The first-order chi connectivity index (χ1) is 11.7. The lowest BCUT2D eigenvalue weighted by atomic mass is 10.3. The second-order valence-electron chi connectivity index (χ2n) is 5.03. The number of ether oxygens (including phenoxy) is 1. The highest BCUT2D eigenvalue weighted by Crippen LogP contribution is 2.26. The molecule has 0 saturated heterocycles. The van der Waals surface area contributed by atoms with E-state index >= 15 is 0 Å². The van der Waals surface area contributed by atoms with Crippen LogP contribution in [0.2, 0.25) is 5.02 Å². The summed E-state index contributed by atoms with van der Waals surface area (Å²) in [7, 11) is -1.04. The number of carbonyl (C=O) groups excluding carboxylic acids is 2. The van der Waals surface area contributed by atoms with Crippen molar-refractivity contribution in [3.63, 3.8) is 0 Å². The van der Waals surface area contributed by atoms with Crippen molar-refractivity contribution in [2.75, 3.05) is 26.0 Å². The third kappa shape index (κ3) is 4.59. The minimum absolute atomic E-state index is 0.0240. The second-order valence-corrected chi connectivity index (χ2v) is 7.56. The fraction of sp³-hybridized carbons (Fsp3) is 0.200. The summed E-state index contributed by atoms with van der Waals surface area (Å²) >= 11 is 5.92. The van der Waals surface area contributed by atoms with Gasteiger partial charge >= 0.3 is 5.97 Å². The molecule has 1 aromatic carbocycles. The van der Waals surface area contributed by atoms with Crippen LogP contribution in [0.15, 0.2) is 45.9 Å². The van der Waals surface area contributed by atoms with Gasteiger partial charge < -0.3 is 14.5 Å². The van der Waals surface area contributed by atoms with Gasteiger partial charge in [0, 0.05) is 19.8 Å². The first kappa shape index (κ1) is 19.0. The Bertz CT molecular complexity index is 877. The van der Waals surface area contributed by atoms with Gasteiger partial charge in [-0.2, -0.15) is 0 Å². The van der Waals surface area contributed by atoms with Crippen LogP contribution < -0.4 is 5.32 Å². The van der Waals surface area contributed by atoms with Gasteiger partial charge in [0.25, 0.3) is 5.91 Å². The van der Waals surface area contributed by atoms with Gasteiger partial charge in [0.2, 0.25) is 15.8 Å². The zero-order chi connectivity index (χ0) is 18.6. The molecule has 1 N–H and O–H groups in total. The van der Waals surface area contributed by atoms with Crippen molar-refractivity contribution in [2.45, 2.75) is 4.90 Å². The number of hydrogen-bond acceptors (Lipinski definition) is 6. The van der Waals surface area contributed by atoms with Crippen LogP contribution >= 0.6 is 11.6 Å². The van der Waals surface area contributed by atoms with Crippen molar-refractivity contribution in [3.05, 3.63) is 47.4 Å². The minimum Gasteiger partial charge on any atom is -0.457 e. The number of carbonyl (C=O) groups is 2. The van der Waals surface area contributed by atoms with Crippen LogP contribution in [-0.2, 0) is 19.6 Å². The van der Waals surface area contributed by atoms with E-state index in [1.165, 1.54) is 50.7 Å². The summed E-state index contributed by atoms with van der Waals surface area (Å²) in [4.78, 5) is 23.3. The smallest absolute Gasteiger partial charge is 0.374 e. The highest BCUT2D eigenvalue weighted by atomic mass is 35.5. The van der Waals surface area contributed by atoms with Crippen molar-refractivity contribution < 1.29 is 27.2 Å². The zero-order valence-corrected chi connectivity index (χ0v) is 14.9. The monoisotopic (exact) mass is 386 g/mol. The molecule has 2 rings (SSSR count). The number of halogens is 1. The van der Waals surface area contributed by atoms with Crippen LogP contribution in [0.1, 0.15) is 10.6 Å². The van der Waals surface area contributed by atoms with E-state index in [1.807, 2.05) is 0 Å². The molecule has 0 fully saturated rings. The van der Waals surface area contributed by atoms with Gasteiger partial charge in [-0.25, -0.2) is 17.5 Å². The molecule has 0 aliphatic carbocycles. The predicted octanol–water partition coefficient (Wildman–Crippen LogP) is 1.98. The Morgan fingerprint density at radius 3 is 2.60 bits per heavy atom. The molecule has 2 aromatic rings. The molecule has 1 amide bonds. The van der Waals surface area contributed by atoms with Gasteiger partial charge in [-0.3, -0.25) is 4.79 Å². The average Bonchev–Trinajstić information content (AvgIpc) is 3.08. The van der Waals surface area contributed by atoms with Crippen LogP contribution in [0.5, 0.6) is 0 Å². The van der Waals surface area contributed by atoms with Crippen LogP contribution in [-0.4, -0.2) is 45.3 Å². The molecule has 0 saturated carbocycles. The third-order valence-corrected chi connectivity index (χ3v) is 5.33. The Balaban J connectivity index is 2.05. The normalized spacial score (nSPS) is 11.4. The summed E-state index contributed by atoms with van der Waals surface area (Å²) in [5.74, 6) is -1.46. The van der Waals surface area contributed by atoms with Gasteiger partial charge in [0.05, 0.1) is 11.3 Å². The quantitative estimate of drug-likeness (QED) is 0.761. The summed E-state index contributed by atoms with van der Waals surface area (Å²) in [6, 6.07) is 6.92. The van der Waals surface area contributed by atoms with Crippen LogP contribution in [0.4, 0.5) is 5.69 Å². The molecule has 0 bridgehead atoms. The fourth-order valence-electron chi connectivity index (χ4n) is 1.77. The van der Waals surface area contributed by atoms with E-state index in [4.69, 9.17) is 20.8 Å². The van der Waals surface area contributed by atoms with Crippen molar-refractivity contribution in [1.82, 2.24) is 4.31 Å². The Kier molecular flexibility index (Phi) is 5.83. The zero-order valence-electron chi connectivity index (χ0n) is 13.4. The average molecular weight is 387 g/mol. The SMILES string of the molecule is CN(C)S(=O)(=O)c1cc(NC(=O)COC(=O)c2ccco2)ccc1Cl. The number of rotatable bonds is 6. The van der Waals surface area contributed by atoms with E-state index in [9.17, 15) is 18.0 Å². The number of hydrogen-bond donors (Lipinski definition) is 1. The molecule has 0 spiro atoms. The first-order valence-electron chi connectivity index (χ1n) is 6.94. The minimum atomic E-state index is -3.77. The van der Waals surface area contributed by atoms with E-state index in [2.05, 4.69) is 5.32 Å². The maximum Gasteiger partial charge on any atom is 0.374 e. The third-order valence-electron chi connectivity index (χ3n) is 3.03. The molecule has 10 heteroatoms. The maximum atomic E-state index is 12.2. The number of esters is 1. The summed E-state index contributed by atoms with van der Waals surface area (Å²) in [6.45, 7) is -0.558. The second kappa shape index (κ2) is 7.68. The number of furan rings is 1. The van der Waals surface area contributed by atoms with Crippen molar-refractivity contribution in [3.8, 4) is 0 Å². The summed E-state index contributed by atoms with van der Waals surface area (Å²) in [5, 5.41) is 2.46. The molecule has 0 aliphatic rings. The van der Waals surface area contributed by atoms with Crippen LogP contribution in [0, 0.1) is 0 Å². The van der Waals surface area contributed by atoms with E-state index in [-0.39, 0.29) is 21.4 Å². The molecule has 8 nitrogen and oxygen atoms in total. The van der Waals surface area contributed by atoms with Crippen LogP contribution in [0.25, 0.3) is 0 Å². The highest BCUT2D eigenvalue weighted by molar-refractivity contribution is 7.89. The Morgan fingerprint density at radius 1 is 1.28 bits per heavy atom. The molecule has 134 valence electrons. The number of sulfonamides is 1. The molecule has 25 heavy (non-hydrogen) atoms. The lowest BCUT2D eigenvalue weighted by Gasteiger charge is -2.14. The summed E-state index contributed by atoms with van der Waals surface area (Å²) in [5.41, 5.74) is 0.198. The van der Waals surface area contributed by atoms with Gasteiger partial charge in [-0.15, -0.1) is 0 Å². The summed E-state index contributed by atoms with van der Waals surface area (Å²) in [6.07, 6.45) is 1.30. The Labute approximate surface area is 149 Å².